The van der Waals surface area contributed by atoms with Crippen molar-refractivity contribution in [1.29, 1.82) is 0 Å². The van der Waals surface area contributed by atoms with Crippen LogP contribution in [0.5, 0.6) is 0 Å². The fraction of sp³-hybridized carbons (Fsp3) is 0.222. The topological polar surface area (TPSA) is 80.4 Å². The number of hydrogen-bond donors (Lipinski definition) is 1. The minimum Gasteiger partial charge on any atom is -0.481 e. The monoisotopic (exact) mass is 273 g/mol. The van der Waals surface area contributed by atoms with Crippen molar-refractivity contribution in [1.82, 2.24) is 0 Å². The Morgan fingerprint density at radius 3 is 2.67 bits per heavy atom. The molecule has 6 heteroatoms. The number of hydrogen-bond acceptors (Lipinski definition) is 3. The van der Waals surface area contributed by atoms with Crippen LogP contribution in [0.4, 0.5) is 5.69 Å². The van der Waals surface area contributed by atoms with Gasteiger partial charge in [0.15, 0.2) is 0 Å². The Hall–Kier alpha value is -1.43. The van der Waals surface area contributed by atoms with Gasteiger partial charge in [0, 0.05) is 17.0 Å². The molecule has 1 aromatic rings. The molecule has 80 valence electrons. The molecular formula is C9H8BrNO4. The summed E-state index contributed by atoms with van der Waals surface area (Å²) < 4.78 is 0. The van der Waals surface area contributed by atoms with Crippen LogP contribution in [0.1, 0.15) is 11.1 Å². The maximum Gasteiger partial charge on any atom is 0.307 e. The number of rotatable bonds is 4. The molecule has 15 heavy (non-hydrogen) atoms. The first kappa shape index (κ1) is 11.6. The Bertz CT molecular complexity index is 405. The Morgan fingerprint density at radius 2 is 2.20 bits per heavy atom. The van der Waals surface area contributed by atoms with E-state index >= 15 is 0 Å². The van der Waals surface area contributed by atoms with Crippen molar-refractivity contribution in [3.8, 4) is 0 Å². The summed E-state index contributed by atoms with van der Waals surface area (Å²) in [5.41, 5.74) is 0.915. The van der Waals surface area contributed by atoms with Crippen molar-refractivity contribution in [3.05, 3.63) is 39.4 Å². The van der Waals surface area contributed by atoms with Gasteiger partial charge in [-0.1, -0.05) is 28.1 Å². The van der Waals surface area contributed by atoms with Gasteiger partial charge in [0.2, 0.25) is 0 Å². The first-order valence-corrected chi connectivity index (χ1v) is 5.20. The predicted octanol–water partition coefficient (Wildman–Crippen LogP) is 2.12. The van der Waals surface area contributed by atoms with Crippen molar-refractivity contribution in [2.75, 3.05) is 0 Å². The Balaban J connectivity index is 3.10. The van der Waals surface area contributed by atoms with Gasteiger partial charge >= 0.3 is 5.97 Å². The average Bonchev–Trinajstić information content (AvgIpc) is 2.16. The summed E-state index contributed by atoms with van der Waals surface area (Å²) in [6.45, 7) is 0. The highest BCUT2D eigenvalue weighted by molar-refractivity contribution is 9.08. The van der Waals surface area contributed by atoms with Crippen LogP contribution in [0.2, 0.25) is 0 Å². The third-order valence-corrected chi connectivity index (χ3v) is 2.45. The minimum absolute atomic E-state index is 0.0503. The van der Waals surface area contributed by atoms with Crippen molar-refractivity contribution in [3.63, 3.8) is 0 Å². The smallest absolute Gasteiger partial charge is 0.307 e. The van der Waals surface area contributed by atoms with E-state index in [2.05, 4.69) is 15.9 Å². The summed E-state index contributed by atoms with van der Waals surface area (Å²) >= 11 is 3.13. The highest BCUT2D eigenvalue weighted by atomic mass is 79.9. The zero-order valence-electron chi connectivity index (χ0n) is 7.64. The zero-order valence-corrected chi connectivity index (χ0v) is 9.23. The van der Waals surface area contributed by atoms with Gasteiger partial charge in [-0.15, -0.1) is 0 Å². The molecule has 1 rings (SSSR count). The van der Waals surface area contributed by atoms with Crippen LogP contribution in [0.15, 0.2) is 18.2 Å². The normalized spacial score (nSPS) is 9.93. The van der Waals surface area contributed by atoms with Gasteiger partial charge in [0.1, 0.15) is 0 Å². The second-order valence-electron chi connectivity index (χ2n) is 2.92. The number of carboxylic acid groups (broad SMARTS) is 1. The van der Waals surface area contributed by atoms with E-state index in [0.717, 1.165) is 0 Å². The summed E-state index contributed by atoms with van der Waals surface area (Å²) in [7, 11) is 0. The number of aliphatic carboxylic acids is 1. The van der Waals surface area contributed by atoms with Crippen LogP contribution in [-0.2, 0) is 16.5 Å². The molecule has 0 unspecified atom stereocenters. The Kier molecular flexibility index (Phi) is 3.79. The molecule has 0 radical (unpaired) electrons. The summed E-state index contributed by atoms with van der Waals surface area (Å²) in [6.07, 6.45) is -0.205. The molecule has 0 saturated carbocycles. The number of nitro benzene ring substituents is 1. The van der Waals surface area contributed by atoms with Crippen LogP contribution in [0.3, 0.4) is 0 Å². The van der Waals surface area contributed by atoms with Crippen LogP contribution in [0.25, 0.3) is 0 Å². The molecule has 1 N–H and O–H groups in total. The lowest BCUT2D eigenvalue weighted by Crippen LogP contribution is -2.02. The first-order valence-electron chi connectivity index (χ1n) is 4.08. The van der Waals surface area contributed by atoms with Crippen molar-refractivity contribution >= 4 is 27.6 Å². The van der Waals surface area contributed by atoms with Crippen LogP contribution in [0, 0.1) is 10.1 Å². The van der Waals surface area contributed by atoms with Gasteiger partial charge < -0.3 is 5.11 Å². The first-order chi connectivity index (χ1) is 7.04. The van der Waals surface area contributed by atoms with E-state index in [1.807, 2.05) is 0 Å². The quantitative estimate of drug-likeness (QED) is 0.518. The van der Waals surface area contributed by atoms with Gasteiger partial charge in [0.05, 0.1) is 11.3 Å². The molecule has 0 atom stereocenters. The van der Waals surface area contributed by atoms with Gasteiger partial charge in [0.25, 0.3) is 5.69 Å². The molecule has 0 aliphatic heterocycles. The number of nitrogens with zero attached hydrogens (tertiary/aromatic N) is 1. The van der Waals surface area contributed by atoms with Crippen LogP contribution >= 0.6 is 15.9 Å². The summed E-state index contributed by atoms with van der Waals surface area (Å²) in [6, 6.07) is 4.44. The number of carbonyl (C=O) groups is 1. The van der Waals surface area contributed by atoms with E-state index < -0.39 is 10.9 Å². The largest absolute Gasteiger partial charge is 0.481 e. The molecule has 5 nitrogen and oxygen atoms in total. The Morgan fingerprint density at radius 1 is 1.53 bits per heavy atom. The van der Waals surface area contributed by atoms with Crippen LogP contribution in [-0.4, -0.2) is 16.0 Å². The maximum atomic E-state index is 10.7. The van der Waals surface area contributed by atoms with Gasteiger partial charge in [-0.3, -0.25) is 14.9 Å². The molecule has 0 aromatic heterocycles. The fourth-order valence-corrected chi connectivity index (χ4v) is 1.65. The third kappa shape index (κ3) is 3.02. The Labute approximate surface area is 94.0 Å². The lowest BCUT2D eigenvalue weighted by atomic mass is 10.1. The fourth-order valence-electron chi connectivity index (χ4n) is 1.18. The van der Waals surface area contributed by atoms with Gasteiger partial charge in [-0.25, -0.2) is 0 Å². The second-order valence-corrected chi connectivity index (χ2v) is 3.49. The van der Waals surface area contributed by atoms with E-state index in [9.17, 15) is 14.9 Å². The van der Waals surface area contributed by atoms with Gasteiger partial charge in [-0.2, -0.15) is 0 Å². The third-order valence-electron chi connectivity index (χ3n) is 1.85. The average molecular weight is 274 g/mol. The number of carboxylic acids is 1. The van der Waals surface area contributed by atoms with E-state index in [-0.39, 0.29) is 12.1 Å². The SMILES string of the molecule is O=C(O)Cc1ccc(CBr)c([N+](=O)[O-])c1. The summed E-state index contributed by atoms with van der Waals surface area (Å²) in [5.74, 6) is -1.00. The number of nitro groups is 1. The lowest BCUT2D eigenvalue weighted by Gasteiger charge is -2.01. The second kappa shape index (κ2) is 4.88. The highest BCUT2D eigenvalue weighted by Crippen LogP contribution is 2.22. The molecular weight excluding hydrogens is 266 g/mol. The molecule has 0 spiro atoms. The van der Waals surface area contributed by atoms with E-state index in [4.69, 9.17) is 5.11 Å². The zero-order chi connectivity index (χ0) is 11.4. The van der Waals surface area contributed by atoms with Crippen molar-refractivity contribution in [2.24, 2.45) is 0 Å². The molecule has 0 amide bonds. The molecule has 1 aromatic carbocycles. The standard InChI is InChI=1S/C9H8BrNO4/c10-5-7-2-1-6(4-9(12)13)3-8(7)11(14)15/h1-3H,4-5H2,(H,12,13). The predicted molar refractivity (Wildman–Crippen MR) is 57.1 cm³/mol. The van der Waals surface area contributed by atoms with E-state index in [1.54, 1.807) is 12.1 Å². The van der Waals surface area contributed by atoms with E-state index in [1.165, 1.54) is 6.07 Å². The maximum absolute atomic E-state index is 10.7. The van der Waals surface area contributed by atoms with Crippen molar-refractivity contribution < 1.29 is 14.8 Å². The number of benzene rings is 1. The van der Waals surface area contributed by atoms with E-state index in [0.29, 0.717) is 16.5 Å². The lowest BCUT2D eigenvalue weighted by molar-refractivity contribution is -0.385. The molecule has 0 bridgehead atoms. The molecule has 0 heterocycles. The van der Waals surface area contributed by atoms with Crippen molar-refractivity contribution in [2.45, 2.75) is 11.8 Å². The number of halogens is 1. The number of alkyl halides is 1. The minimum atomic E-state index is -1.00. The van der Waals surface area contributed by atoms with Gasteiger partial charge in [-0.05, 0) is 5.56 Å². The highest BCUT2D eigenvalue weighted by Gasteiger charge is 2.14. The van der Waals surface area contributed by atoms with Crippen LogP contribution < -0.4 is 0 Å². The molecule has 0 saturated heterocycles. The summed E-state index contributed by atoms with van der Waals surface area (Å²) in [4.78, 5) is 20.6. The molecule has 0 aliphatic carbocycles. The molecule has 0 aliphatic rings. The summed E-state index contributed by atoms with van der Waals surface area (Å²) in [5, 5.41) is 19.6. The molecule has 0 fully saturated rings.